The minimum atomic E-state index is 0.345. The monoisotopic (exact) mass is 352 g/mol. The molecule has 0 radical (unpaired) electrons. The summed E-state index contributed by atoms with van der Waals surface area (Å²) < 4.78 is 12.8. The summed E-state index contributed by atoms with van der Waals surface area (Å²) in [5.74, 6) is 1.79. The Morgan fingerprint density at radius 1 is 1.31 bits per heavy atom. The zero-order chi connectivity index (χ0) is 18.1. The summed E-state index contributed by atoms with van der Waals surface area (Å²) in [5.41, 5.74) is 4.52. The lowest BCUT2D eigenvalue weighted by Gasteiger charge is -2.25. The normalized spacial score (nSPS) is 17.7. The molecule has 1 atom stereocenters. The van der Waals surface area contributed by atoms with Gasteiger partial charge in [0.1, 0.15) is 11.5 Å². The molecule has 0 N–H and O–H groups in total. The molecule has 1 saturated heterocycles. The van der Waals surface area contributed by atoms with Gasteiger partial charge in [-0.3, -0.25) is 4.90 Å². The molecule has 3 aromatic rings. The average molecular weight is 352 g/mol. The second-order valence-electron chi connectivity index (χ2n) is 6.81. The molecule has 26 heavy (non-hydrogen) atoms. The van der Waals surface area contributed by atoms with Gasteiger partial charge in [0.25, 0.3) is 0 Å². The first-order valence-corrected chi connectivity index (χ1v) is 9.01. The van der Waals surface area contributed by atoms with Gasteiger partial charge < -0.3 is 9.26 Å². The number of likely N-dealkylation sites (tertiary alicyclic amines) is 1. The highest BCUT2D eigenvalue weighted by Gasteiger charge is 2.31. The molecular formula is C20H24N4O2. The molecule has 0 bridgehead atoms. The lowest BCUT2D eigenvalue weighted by Crippen LogP contribution is -2.24. The molecule has 1 aliphatic rings. The van der Waals surface area contributed by atoms with E-state index in [2.05, 4.69) is 27.3 Å². The molecule has 2 aromatic heterocycles. The Labute approximate surface area is 153 Å². The lowest BCUT2D eigenvalue weighted by atomic mass is 10.0. The molecule has 6 heteroatoms. The predicted molar refractivity (Wildman–Crippen MR) is 98.5 cm³/mol. The Kier molecular flexibility index (Phi) is 4.51. The summed E-state index contributed by atoms with van der Waals surface area (Å²) in [6, 6.07) is 8.45. The van der Waals surface area contributed by atoms with Crippen molar-refractivity contribution < 1.29 is 9.26 Å². The molecule has 136 valence electrons. The highest BCUT2D eigenvalue weighted by molar-refractivity contribution is 5.45. The van der Waals surface area contributed by atoms with Crippen LogP contribution in [0.2, 0.25) is 0 Å². The smallest absolute Gasteiger partial charge is 0.138 e. The van der Waals surface area contributed by atoms with E-state index in [9.17, 15) is 0 Å². The first-order chi connectivity index (χ1) is 12.7. The van der Waals surface area contributed by atoms with Crippen LogP contribution in [0.15, 0.2) is 41.2 Å². The molecule has 1 fully saturated rings. The largest absolute Gasteiger partial charge is 0.497 e. The summed E-state index contributed by atoms with van der Waals surface area (Å²) in [5, 5.41) is 8.56. The van der Waals surface area contributed by atoms with Crippen molar-refractivity contribution in [3.8, 4) is 11.4 Å². The van der Waals surface area contributed by atoms with Crippen LogP contribution in [0.25, 0.3) is 5.69 Å². The van der Waals surface area contributed by atoms with Gasteiger partial charge in [0.2, 0.25) is 0 Å². The zero-order valence-corrected chi connectivity index (χ0v) is 15.5. The molecule has 1 aliphatic heterocycles. The summed E-state index contributed by atoms with van der Waals surface area (Å²) >= 11 is 0. The summed E-state index contributed by atoms with van der Waals surface area (Å²) in [6.07, 6.45) is 6.08. The molecule has 0 spiro atoms. The number of rotatable bonds is 5. The third-order valence-electron chi connectivity index (χ3n) is 5.20. The fraction of sp³-hybridized carbons (Fsp3) is 0.400. The Bertz CT molecular complexity index is 866. The van der Waals surface area contributed by atoms with Crippen LogP contribution in [0.1, 0.15) is 41.5 Å². The molecule has 6 nitrogen and oxygen atoms in total. The van der Waals surface area contributed by atoms with Crippen LogP contribution in [-0.2, 0) is 6.54 Å². The summed E-state index contributed by atoms with van der Waals surface area (Å²) in [4.78, 5) is 2.51. The minimum absolute atomic E-state index is 0.345. The maximum absolute atomic E-state index is 5.46. The fourth-order valence-electron chi connectivity index (χ4n) is 3.98. The van der Waals surface area contributed by atoms with Crippen molar-refractivity contribution in [2.75, 3.05) is 13.7 Å². The van der Waals surface area contributed by atoms with Gasteiger partial charge in [0.15, 0.2) is 0 Å². The van der Waals surface area contributed by atoms with Crippen molar-refractivity contribution in [1.29, 1.82) is 0 Å². The molecule has 3 heterocycles. The molecule has 0 saturated carbocycles. The van der Waals surface area contributed by atoms with E-state index < -0.39 is 0 Å². The maximum Gasteiger partial charge on any atom is 0.138 e. The predicted octanol–water partition coefficient (Wildman–Crippen LogP) is 3.82. The van der Waals surface area contributed by atoms with Crippen LogP contribution >= 0.6 is 0 Å². The Morgan fingerprint density at radius 3 is 2.88 bits per heavy atom. The number of methoxy groups -OCH3 is 1. The Hall–Kier alpha value is -2.60. The summed E-state index contributed by atoms with van der Waals surface area (Å²) in [6.45, 7) is 5.93. The Balaban J connectivity index is 1.68. The van der Waals surface area contributed by atoms with E-state index in [4.69, 9.17) is 9.26 Å². The number of nitrogens with zero attached hydrogens (tertiary/aromatic N) is 4. The zero-order valence-electron chi connectivity index (χ0n) is 15.5. The van der Waals surface area contributed by atoms with Crippen molar-refractivity contribution in [3.05, 3.63) is 59.2 Å². The lowest BCUT2D eigenvalue weighted by molar-refractivity contribution is 0.245. The number of aryl methyl sites for hydroxylation is 2. The van der Waals surface area contributed by atoms with E-state index in [1.54, 1.807) is 13.3 Å². The number of hydrogen-bond donors (Lipinski definition) is 0. The number of ether oxygens (including phenoxy) is 1. The number of benzene rings is 1. The van der Waals surface area contributed by atoms with Gasteiger partial charge in [-0.25, -0.2) is 4.68 Å². The third-order valence-corrected chi connectivity index (χ3v) is 5.20. The van der Waals surface area contributed by atoms with E-state index in [0.29, 0.717) is 6.04 Å². The van der Waals surface area contributed by atoms with Crippen LogP contribution in [0.3, 0.4) is 0 Å². The quantitative estimate of drug-likeness (QED) is 0.699. The molecule has 0 aliphatic carbocycles. The standard InChI is InChI=1S/C20H24N4O2/c1-14-20(15(2)26-22-14)19-6-4-10-23(19)13-16-12-17(25-3)7-8-18(16)24-11-5-9-21-24/h5,7-9,11-12,19H,4,6,10,13H2,1-3H3/t19-/m1/s1. The van der Waals surface area contributed by atoms with Crippen LogP contribution in [0.4, 0.5) is 0 Å². The van der Waals surface area contributed by atoms with Gasteiger partial charge >= 0.3 is 0 Å². The van der Waals surface area contributed by atoms with Gasteiger partial charge in [0.05, 0.1) is 18.5 Å². The van der Waals surface area contributed by atoms with E-state index in [1.807, 2.05) is 36.9 Å². The highest BCUT2D eigenvalue weighted by Crippen LogP contribution is 2.37. The molecule has 1 aromatic carbocycles. The molecule has 0 amide bonds. The average Bonchev–Trinajstić information content (AvgIpc) is 3.38. The van der Waals surface area contributed by atoms with Crippen molar-refractivity contribution in [1.82, 2.24) is 19.8 Å². The van der Waals surface area contributed by atoms with Gasteiger partial charge in [0, 0.05) is 30.5 Å². The first kappa shape index (κ1) is 16.8. The number of hydrogen-bond acceptors (Lipinski definition) is 5. The van der Waals surface area contributed by atoms with Crippen LogP contribution in [0.5, 0.6) is 5.75 Å². The number of aromatic nitrogens is 3. The summed E-state index contributed by atoms with van der Waals surface area (Å²) in [7, 11) is 1.70. The van der Waals surface area contributed by atoms with E-state index in [1.165, 1.54) is 17.5 Å². The van der Waals surface area contributed by atoms with Crippen LogP contribution in [-0.4, -0.2) is 33.5 Å². The van der Waals surface area contributed by atoms with Gasteiger partial charge in [-0.05, 0) is 63.1 Å². The highest BCUT2D eigenvalue weighted by atomic mass is 16.5. The van der Waals surface area contributed by atoms with E-state index in [-0.39, 0.29) is 0 Å². The molecular weight excluding hydrogens is 328 g/mol. The fourth-order valence-corrected chi connectivity index (χ4v) is 3.98. The van der Waals surface area contributed by atoms with E-state index in [0.717, 1.165) is 42.4 Å². The van der Waals surface area contributed by atoms with E-state index >= 15 is 0 Å². The van der Waals surface area contributed by atoms with Gasteiger partial charge in [-0.2, -0.15) is 5.10 Å². The van der Waals surface area contributed by atoms with Crippen molar-refractivity contribution in [2.45, 2.75) is 39.3 Å². The van der Waals surface area contributed by atoms with Crippen molar-refractivity contribution in [2.24, 2.45) is 0 Å². The molecule has 0 unspecified atom stereocenters. The van der Waals surface area contributed by atoms with Crippen molar-refractivity contribution in [3.63, 3.8) is 0 Å². The van der Waals surface area contributed by atoms with Gasteiger partial charge in [-0.1, -0.05) is 5.16 Å². The second-order valence-corrected chi connectivity index (χ2v) is 6.81. The third kappa shape index (κ3) is 3.01. The van der Waals surface area contributed by atoms with Crippen LogP contribution in [0, 0.1) is 13.8 Å². The van der Waals surface area contributed by atoms with Crippen LogP contribution < -0.4 is 4.74 Å². The van der Waals surface area contributed by atoms with Crippen molar-refractivity contribution >= 4 is 0 Å². The topological polar surface area (TPSA) is 56.3 Å². The molecule has 4 rings (SSSR count). The second kappa shape index (κ2) is 6.96. The van der Waals surface area contributed by atoms with Gasteiger partial charge in [-0.15, -0.1) is 0 Å². The minimum Gasteiger partial charge on any atom is -0.497 e. The Morgan fingerprint density at radius 2 is 2.19 bits per heavy atom. The maximum atomic E-state index is 5.46. The first-order valence-electron chi connectivity index (χ1n) is 9.01. The SMILES string of the molecule is COc1ccc(-n2cccn2)c(CN2CCC[C@@H]2c2c(C)noc2C)c1.